The molecule has 4 rings (SSSR count). The Morgan fingerprint density at radius 1 is 1.08 bits per heavy atom. The molecule has 212 valence electrons. The van der Waals surface area contributed by atoms with Gasteiger partial charge in [-0.3, -0.25) is 19.1 Å². The molecular formula is C26H40N4O7S. The van der Waals surface area contributed by atoms with Crippen LogP contribution < -0.4 is 15.4 Å². The molecule has 2 aliphatic heterocycles. The van der Waals surface area contributed by atoms with Gasteiger partial charge in [0.2, 0.25) is 21.8 Å². The summed E-state index contributed by atoms with van der Waals surface area (Å²) in [5, 5.41) is 4.96. The molecule has 12 heteroatoms. The standard InChI is InChI=1S/C26H40N4O7S/c1-25(2,3)37-24(34)27-19-11-8-6-4-5-7-10-17-16-26(17,23(33)29-38(35,36)18-13-14-18)28-21(31)20-12-9-15-30(20)22(19)32/h7,10,17-20H,4-6,8-9,11-16H2,1-3H3,(H,27,34)(H,28,31)(H,29,33)/b10-7-/t17-,19?,20+,26-/m1/s1. The third kappa shape index (κ3) is 6.68. The van der Waals surface area contributed by atoms with Gasteiger partial charge in [-0.15, -0.1) is 0 Å². The average molecular weight is 553 g/mol. The van der Waals surface area contributed by atoms with Crippen LogP contribution in [0, 0.1) is 5.92 Å². The molecule has 2 saturated carbocycles. The highest BCUT2D eigenvalue weighted by Crippen LogP contribution is 2.46. The molecule has 4 amide bonds. The van der Waals surface area contributed by atoms with Gasteiger partial charge in [-0.25, -0.2) is 13.2 Å². The molecule has 2 aliphatic carbocycles. The van der Waals surface area contributed by atoms with Crippen molar-refractivity contribution in [1.29, 1.82) is 0 Å². The van der Waals surface area contributed by atoms with Gasteiger partial charge in [0.25, 0.3) is 5.91 Å². The number of nitrogens with one attached hydrogen (secondary N) is 3. The third-order valence-electron chi connectivity index (χ3n) is 7.52. The first kappa shape index (κ1) is 28.4. The number of sulfonamides is 1. The maximum Gasteiger partial charge on any atom is 0.408 e. The van der Waals surface area contributed by atoms with Gasteiger partial charge in [0.1, 0.15) is 23.2 Å². The summed E-state index contributed by atoms with van der Waals surface area (Å²) in [6.45, 7) is 5.58. The van der Waals surface area contributed by atoms with Crippen LogP contribution in [0.15, 0.2) is 12.2 Å². The van der Waals surface area contributed by atoms with Crippen molar-refractivity contribution in [2.24, 2.45) is 5.92 Å². The van der Waals surface area contributed by atoms with Crippen molar-refractivity contribution in [3.63, 3.8) is 0 Å². The van der Waals surface area contributed by atoms with Crippen LogP contribution in [0.25, 0.3) is 0 Å². The molecule has 0 aromatic carbocycles. The molecule has 4 aliphatic rings. The van der Waals surface area contributed by atoms with E-state index in [2.05, 4.69) is 15.4 Å². The summed E-state index contributed by atoms with van der Waals surface area (Å²) in [7, 11) is -3.78. The summed E-state index contributed by atoms with van der Waals surface area (Å²) in [6, 6.07) is -1.65. The maximum absolute atomic E-state index is 13.6. The molecule has 1 unspecified atom stereocenters. The molecule has 0 spiro atoms. The van der Waals surface area contributed by atoms with E-state index in [-0.39, 0.29) is 11.8 Å². The van der Waals surface area contributed by atoms with E-state index in [1.165, 1.54) is 4.90 Å². The highest BCUT2D eigenvalue weighted by molar-refractivity contribution is 7.91. The minimum atomic E-state index is -3.78. The number of hydrogen-bond acceptors (Lipinski definition) is 7. The number of amides is 4. The number of nitrogens with zero attached hydrogens (tertiary/aromatic N) is 1. The first-order chi connectivity index (χ1) is 17.8. The van der Waals surface area contributed by atoms with Crippen molar-refractivity contribution >= 4 is 33.8 Å². The Bertz CT molecular complexity index is 1100. The molecule has 3 fully saturated rings. The van der Waals surface area contributed by atoms with Crippen molar-refractivity contribution in [2.45, 2.75) is 113 Å². The molecule has 3 N–H and O–H groups in total. The summed E-state index contributed by atoms with van der Waals surface area (Å²) in [6.07, 6.45) is 9.05. The van der Waals surface area contributed by atoms with Gasteiger partial charge in [0, 0.05) is 12.5 Å². The SMILES string of the molecule is CC(C)(C)OC(=O)NC1CCCCC/C=C\[C@@H]2C[C@@]2(C(=O)NS(=O)(=O)C2CC2)NC(=O)[C@@H]2CCCN2C1=O. The number of fused-ring (bicyclic) bond motifs is 2. The first-order valence-electron chi connectivity index (χ1n) is 13.7. The number of carbonyl (C=O) groups is 4. The number of hydrogen-bond donors (Lipinski definition) is 3. The van der Waals surface area contributed by atoms with Crippen LogP contribution >= 0.6 is 0 Å². The highest BCUT2D eigenvalue weighted by Gasteiger charge is 2.61. The number of ether oxygens (including phenoxy) is 1. The van der Waals surface area contributed by atoms with Crippen LogP contribution in [-0.2, 0) is 29.1 Å². The molecule has 1 saturated heterocycles. The van der Waals surface area contributed by atoms with Crippen LogP contribution in [0.4, 0.5) is 4.79 Å². The molecule has 4 atom stereocenters. The topological polar surface area (TPSA) is 151 Å². The van der Waals surface area contributed by atoms with Crippen LogP contribution in [-0.4, -0.2) is 72.2 Å². The summed E-state index contributed by atoms with van der Waals surface area (Å²) < 4.78 is 32.5. The maximum atomic E-state index is 13.6. The number of carbonyl (C=O) groups excluding carboxylic acids is 4. The Hall–Kier alpha value is -2.63. The van der Waals surface area contributed by atoms with Gasteiger partial charge in [-0.1, -0.05) is 25.0 Å². The molecular weight excluding hydrogens is 512 g/mol. The number of rotatable bonds is 4. The summed E-state index contributed by atoms with van der Waals surface area (Å²) in [5.41, 5.74) is -2.08. The van der Waals surface area contributed by atoms with Gasteiger partial charge in [-0.05, 0) is 72.1 Å². The second-order valence-corrected chi connectivity index (χ2v) is 13.9. The Balaban J connectivity index is 1.54. The van der Waals surface area contributed by atoms with E-state index in [0.717, 1.165) is 19.3 Å². The van der Waals surface area contributed by atoms with Gasteiger partial charge in [-0.2, -0.15) is 0 Å². The average Bonchev–Trinajstić information content (AvgIpc) is 3.72. The molecule has 0 bridgehead atoms. The second kappa shape index (κ2) is 10.9. The lowest BCUT2D eigenvalue weighted by molar-refractivity contribution is -0.141. The Kier molecular flexibility index (Phi) is 8.11. The molecule has 2 heterocycles. The molecule has 11 nitrogen and oxygen atoms in total. The van der Waals surface area contributed by atoms with Crippen molar-refractivity contribution in [2.75, 3.05) is 6.54 Å². The smallest absolute Gasteiger partial charge is 0.408 e. The number of allylic oxidation sites excluding steroid dienone is 1. The number of alkyl carbamates (subject to hydrolysis) is 1. The van der Waals surface area contributed by atoms with E-state index < -0.39 is 56.4 Å². The third-order valence-corrected chi connectivity index (χ3v) is 9.34. The first-order valence-corrected chi connectivity index (χ1v) is 15.2. The van der Waals surface area contributed by atoms with E-state index in [1.54, 1.807) is 20.8 Å². The van der Waals surface area contributed by atoms with E-state index in [0.29, 0.717) is 51.5 Å². The fraction of sp³-hybridized carbons (Fsp3) is 0.769. The van der Waals surface area contributed by atoms with Crippen LogP contribution in [0.1, 0.15) is 85.0 Å². The summed E-state index contributed by atoms with van der Waals surface area (Å²) in [5.74, 6) is -1.89. The van der Waals surface area contributed by atoms with Crippen molar-refractivity contribution in [3.8, 4) is 0 Å². The lowest BCUT2D eigenvalue weighted by atomic mass is 10.0. The Morgan fingerprint density at radius 3 is 2.50 bits per heavy atom. The van der Waals surface area contributed by atoms with Crippen LogP contribution in [0.3, 0.4) is 0 Å². The fourth-order valence-corrected chi connectivity index (χ4v) is 6.59. The van der Waals surface area contributed by atoms with E-state index >= 15 is 0 Å². The second-order valence-electron chi connectivity index (χ2n) is 11.9. The van der Waals surface area contributed by atoms with Crippen molar-refractivity contribution < 1.29 is 32.3 Å². The lowest BCUT2D eigenvalue weighted by Gasteiger charge is -2.30. The Labute approximate surface area is 224 Å². The van der Waals surface area contributed by atoms with Gasteiger partial charge in [0.05, 0.1) is 5.25 Å². The zero-order valence-electron chi connectivity index (χ0n) is 22.5. The largest absolute Gasteiger partial charge is 0.444 e. The minimum absolute atomic E-state index is 0.296. The summed E-state index contributed by atoms with van der Waals surface area (Å²) >= 11 is 0. The van der Waals surface area contributed by atoms with Gasteiger partial charge < -0.3 is 20.3 Å². The van der Waals surface area contributed by atoms with Crippen molar-refractivity contribution in [1.82, 2.24) is 20.3 Å². The van der Waals surface area contributed by atoms with Crippen LogP contribution in [0.2, 0.25) is 0 Å². The fourth-order valence-electron chi connectivity index (χ4n) is 5.23. The zero-order chi connectivity index (χ0) is 27.7. The predicted molar refractivity (Wildman–Crippen MR) is 139 cm³/mol. The zero-order valence-corrected chi connectivity index (χ0v) is 23.3. The molecule has 0 aromatic heterocycles. The van der Waals surface area contributed by atoms with Gasteiger partial charge in [0.15, 0.2) is 0 Å². The quantitative estimate of drug-likeness (QED) is 0.451. The van der Waals surface area contributed by atoms with Crippen LogP contribution in [0.5, 0.6) is 0 Å². The monoisotopic (exact) mass is 552 g/mol. The lowest BCUT2D eigenvalue weighted by Crippen LogP contribution is -2.58. The van der Waals surface area contributed by atoms with Crippen molar-refractivity contribution in [3.05, 3.63) is 12.2 Å². The Morgan fingerprint density at radius 2 is 1.82 bits per heavy atom. The molecule has 38 heavy (non-hydrogen) atoms. The van der Waals surface area contributed by atoms with E-state index in [1.807, 2.05) is 12.2 Å². The van der Waals surface area contributed by atoms with E-state index in [9.17, 15) is 27.6 Å². The van der Waals surface area contributed by atoms with Gasteiger partial charge >= 0.3 is 6.09 Å². The normalized spacial score (nSPS) is 31.6. The molecule has 0 aromatic rings. The highest BCUT2D eigenvalue weighted by atomic mass is 32.2. The predicted octanol–water partition coefficient (Wildman–Crippen LogP) is 1.87. The van der Waals surface area contributed by atoms with E-state index in [4.69, 9.17) is 4.74 Å². The summed E-state index contributed by atoms with van der Waals surface area (Å²) in [4.78, 5) is 54.3. The minimum Gasteiger partial charge on any atom is -0.444 e. The molecule has 0 radical (unpaired) electrons.